The Bertz CT molecular complexity index is 371. The third-order valence-corrected chi connectivity index (χ3v) is 4.72. The molecule has 0 saturated carbocycles. The molecule has 1 rings (SSSR count). The van der Waals surface area contributed by atoms with E-state index in [4.69, 9.17) is 0 Å². The highest BCUT2D eigenvalue weighted by Crippen LogP contribution is 2.10. The summed E-state index contributed by atoms with van der Waals surface area (Å²) in [7, 11) is -2.83. The lowest BCUT2D eigenvalue weighted by atomic mass is 10.2. The van der Waals surface area contributed by atoms with E-state index in [0.717, 1.165) is 25.5 Å². The van der Waals surface area contributed by atoms with Gasteiger partial charge in [-0.15, -0.1) is 24.0 Å². The van der Waals surface area contributed by atoms with E-state index in [9.17, 15) is 8.42 Å². The first kappa shape index (κ1) is 18.9. The number of unbranched alkanes of at least 4 members (excludes halogenated alkanes) is 2. The molecular weight excluding hydrogens is 377 g/mol. The molecule has 1 heterocycles. The summed E-state index contributed by atoms with van der Waals surface area (Å²) in [5, 5.41) is 6.37. The minimum atomic E-state index is -2.83. The van der Waals surface area contributed by atoms with Crippen LogP contribution in [0.3, 0.4) is 0 Å². The summed E-state index contributed by atoms with van der Waals surface area (Å²) in [5.74, 6) is 1.27. The van der Waals surface area contributed by atoms with Crippen molar-refractivity contribution in [3.05, 3.63) is 0 Å². The van der Waals surface area contributed by atoms with Crippen molar-refractivity contribution in [3.8, 4) is 0 Å². The summed E-state index contributed by atoms with van der Waals surface area (Å²) in [6, 6.07) is 0.0129. The van der Waals surface area contributed by atoms with Crippen molar-refractivity contribution < 1.29 is 8.42 Å². The largest absolute Gasteiger partial charge is 0.357 e. The quantitative estimate of drug-likeness (QED) is 0.306. The van der Waals surface area contributed by atoms with Gasteiger partial charge in [0.2, 0.25) is 0 Å². The third-order valence-electron chi connectivity index (χ3n) is 2.95. The molecule has 0 radical (unpaired) electrons. The number of guanidine groups is 1. The van der Waals surface area contributed by atoms with E-state index in [1.165, 1.54) is 12.8 Å². The van der Waals surface area contributed by atoms with E-state index in [0.29, 0.717) is 12.2 Å². The molecule has 0 aliphatic carbocycles. The van der Waals surface area contributed by atoms with Crippen molar-refractivity contribution in [2.24, 2.45) is 4.99 Å². The molecule has 1 fully saturated rings. The van der Waals surface area contributed by atoms with E-state index >= 15 is 0 Å². The minimum absolute atomic E-state index is 0. The maximum Gasteiger partial charge on any atom is 0.191 e. The van der Waals surface area contributed by atoms with Gasteiger partial charge in [0.15, 0.2) is 15.8 Å². The molecule has 7 heteroatoms. The van der Waals surface area contributed by atoms with Gasteiger partial charge in [-0.2, -0.15) is 0 Å². The van der Waals surface area contributed by atoms with Gasteiger partial charge in [-0.25, -0.2) is 8.42 Å². The molecule has 1 unspecified atom stereocenters. The van der Waals surface area contributed by atoms with Gasteiger partial charge in [-0.3, -0.25) is 4.99 Å². The summed E-state index contributed by atoms with van der Waals surface area (Å²) in [6.07, 6.45) is 4.12. The molecule has 2 N–H and O–H groups in total. The van der Waals surface area contributed by atoms with Crippen molar-refractivity contribution in [1.29, 1.82) is 0 Å². The van der Waals surface area contributed by atoms with Crippen LogP contribution in [0, 0.1) is 0 Å². The molecule has 1 atom stereocenters. The van der Waals surface area contributed by atoms with Crippen LogP contribution in [0.2, 0.25) is 0 Å². The Morgan fingerprint density at radius 2 is 2.05 bits per heavy atom. The zero-order valence-electron chi connectivity index (χ0n) is 11.8. The Balaban J connectivity index is 0.00000324. The number of halogens is 1. The van der Waals surface area contributed by atoms with Crippen LogP contribution in [-0.2, 0) is 9.84 Å². The van der Waals surface area contributed by atoms with Crippen molar-refractivity contribution in [1.82, 2.24) is 10.6 Å². The highest BCUT2D eigenvalue weighted by atomic mass is 127. The fourth-order valence-electron chi connectivity index (χ4n) is 1.97. The molecule has 114 valence electrons. The predicted molar refractivity (Wildman–Crippen MR) is 91.1 cm³/mol. The van der Waals surface area contributed by atoms with Crippen LogP contribution < -0.4 is 10.6 Å². The number of aliphatic imine (C=N–C) groups is 1. The van der Waals surface area contributed by atoms with Crippen molar-refractivity contribution >= 4 is 39.8 Å². The summed E-state index contributed by atoms with van der Waals surface area (Å²) in [6.45, 7) is 5.76. The van der Waals surface area contributed by atoms with E-state index in [2.05, 4.69) is 22.5 Å². The topological polar surface area (TPSA) is 70.6 Å². The Morgan fingerprint density at radius 1 is 1.32 bits per heavy atom. The first-order valence-corrected chi connectivity index (χ1v) is 8.64. The van der Waals surface area contributed by atoms with Gasteiger partial charge in [0.25, 0.3) is 0 Å². The van der Waals surface area contributed by atoms with E-state index in [1.54, 1.807) is 0 Å². The summed E-state index contributed by atoms with van der Waals surface area (Å²) < 4.78 is 22.8. The fourth-order valence-corrected chi connectivity index (χ4v) is 3.65. The predicted octanol–water partition coefficient (Wildman–Crippen LogP) is 1.54. The molecule has 0 spiro atoms. The van der Waals surface area contributed by atoms with Gasteiger partial charge in [-0.05, 0) is 19.8 Å². The number of nitrogens with zero attached hydrogens (tertiary/aromatic N) is 1. The van der Waals surface area contributed by atoms with Gasteiger partial charge in [0, 0.05) is 19.1 Å². The molecule has 0 aromatic rings. The van der Waals surface area contributed by atoms with Gasteiger partial charge >= 0.3 is 0 Å². The zero-order valence-corrected chi connectivity index (χ0v) is 15.0. The van der Waals surface area contributed by atoms with Crippen LogP contribution in [0.15, 0.2) is 4.99 Å². The van der Waals surface area contributed by atoms with E-state index < -0.39 is 9.84 Å². The SMILES string of the molecule is CCCCCN=C(NCC)NC1CCS(=O)(=O)C1.I. The lowest BCUT2D eigenvalue weighted by Crippen LogP contribution is -2.44. The van der Waals surface area contributed by atoms with Crippen molar-refractivity contribution in [2.75, 3.05) is 24.6 Å². The summed E-state index contributed by atoms with van der Waals surface area (Å²) >= 11 is 0. The molecule has 1 aliphatic rings. The van der Waals surface area contributed by atoms with Gasteiger partial charge in [0.1, 0.15) is 0 Å². The highest BCUT2D eigenvalue weighted by molar-refractivity contribution is 14.0. The summed E-state index contributed by atoms with van der Waals surface area (Å²) in [5.41, 5.74) is 0. The summed E-state index contributed by atoms with van der Waals surface area (Å²) in [4.78, 5) is 4.46. The van der Waals surface area contributed by atoms with Gasteiger partial charge in [0.05, 0.1) is 11.5 Å². The molecule has 0 bridgehead atoms. The monoisotopic (exact) mass is 403 g/mol. The Labute approximate surface area is 134 Å². The van der Waals surface area contributed by atoms with E-state index in [1.807, 2.05) is 6.92 Å². The van der Waals surface area contributed by atoms with Crippen molar-refractivity contribution in [2.45, 2.75) is 45.6 Å². The van der Waals surface area contributed by atoms with Crippen LogP contribution in [-0.4, -0.2) is 45.0 Å². The Morgan fingerprint density at radius 3 is 2.58 bits per heavy atom. The van der Waals surface area contributed by atoms with Gasteiger partial charge in [-0.1, -0.05) is 19.8 Å². The van der Waals surface area contributed by atoms with Crippen LogP contribution in [0.5, 0.6) is 0 Å². The maximum atomic E-state index is 11.4. The number of nitrogens with one attached hydrogen (secondary N) is 2. The number of sulfone groups is 1. The second-order valence-corrected chi connectivity index (χ2v) is 6.94. The molecule has 0 aromatic carbocycles. The van der Waals surface area contributed by atoms with Gasteiger partial charge < -0.3 is 10.6 Å². The lowest BCUT2D eigenvalue weighted by molar-refractivity contribution is 0.599. The highest BCUT2D eigenvalue weighted by Gasteiger charge is 2.28. The molecule has 0 amide bonds. The van der Waals surface area contributed by atoms with Crippen LogP contribution in [0.1, 0.15) is 39.5 Å². The standard InChI is InChI=1S/C12H25N3O2S.HI/c1-3-5-6-8-14-12(13-4-2)15-11-7-9-18(16,17)10-11;/h11H,3-10H2,1-2H3,(H2,13,14,15);1H. The lowest BCUT2D eigenvalue weighted by Gasteiger charge is -2.15. The first-order valence-electron chi connectivity index (χ1n) is 6.82. The first-order chi connectivity index (χ1) is 8.57. The second kappa shape index (κ2) is 9.79. The fraction of sp³-hybridized carbons (Fsp3) is 0.917. The average molecular weight is 403 g/mol. The third kappa shape index (κ3) is 7.96. The van der Waals surface area contributed by atoms with E-state index in [-0.39, 0.29) is 35.8 Å². The molecule has 19 heavy (non-hydrogen) atoms. The molecule has 0 aromatic heterocycles. The van der Waals surface area contributed by atoms with Crippen molar-refractivity contribution in [3.63, 3.8) is 0 Å². The minimum Gasteiger partial charge on any atom is -0.357 e. The average Bonchev–Trinajstić information content (AvgIpc) is 2.64. The number of hydrogen-bond acceptors (Lipinski definition) is 3. The molecule has 5 nitrogen and oxygen atoms in total. The second-order valence-electron chi connectivity index (χ2n) is 4.71. The van der Waals surface area contributed by atoms with Crippen LogP contribution in [0.4, 0.5) is 0 Å². The Kier molecular flexibility index (Phi) is 9.77. The Hall–Kier alpha value is -0.0500. The maximum absolute atomic E-state index is 11.4. The number of rotatable bonds is 6. The zero-order chi connectivity index (χ0) is 13.4. The molecular formula is C12H26IN3O2S. The van der Waals surface area contributed by atoms with Crippen LogP contribution in [0.25, 0.3) is 0 Å². The smallest absolute Gasteiger partial charge is 0.191 e. The molecule has 1 aliphatic heterocycles. The number of hydrogen-bond donors (Lipinski definition) is 2. The van der Waals surface area contributed by atoms with Crippen LogP contribution >= 0.6 is 24.0 Å². The normalized spacial score (nSPS) is 21.8. The molecule has 1 saturated heterocycles.